The number of aromatic nitrogens is 2. The molecule has 252 valence electrons. The molecule has 2 heteroatoms. The standard InChI is InChI=1S/2C24H25N/c1-4-5-6-19-9-11-20(12-10-19)25-23-13-7-17(2)15-21(23)22-16-18(3)8-14-24(22)25;1-4-5-6-19-9-11-20(12-10-19)25-23-15-17(2)7-13-21(23)22-14-8-18(3)16-24(22)25/h2*7-16H,4-6H2,1-3H3. The molecule has 0 aliphatic heterocycles. The first-order valence-electron chi connectivity index (χ1n) is 18.6. The molecule has 0 N–H and O–H groups in total. The van der Waals surface area contributed by atoms with Gasteiger partial charge in [0.15, 0.2) is 0 Å². The molecule has 0 radical (unpaired) electrons. The number of hydrogen-bond acceptors (Lipinski definition) is 0. The van der Waals surface area contributed by atoms with E-state index in [4.69, 9.17) is 0 Å². The van der Waals surface area contributed by atoms with Crippen molar-refractivity contribution in [2.75, 3.05) is 0 Å². The average Bonchev–Trinajstić information content (AvgIpc) is 3.61. The van der Waals surface area contributed by atoms with Crippen molar-refractivity contribution in [2.45, 2.75) is 80.1 Å². The normalized spacial score (nSPS) is 11.5. The Bertz CT molecular complexity index is 2300. The lowest BCUT2D eigenvalue weighted by Gasteiger charge is -2.10. The van der Waals surface area contributed by atoms with E-state index < -0.39 is 0 Å². The van der Waals surface area contributed by atoms with Crippen LogP contribution in [-0.4, -0.2) is 9.13 Å². The summed E-state index contributed by atoms with van der Waals surface area (Å²) in [6.45, 7) is 13.2. The number of hydrogen-bond donors (Lipinski definition) is 0. The van der Waals surface area contributed by atoms with Gasteiger partial charge in [0.25, 0.3) is 0 Å². The van der Waals surface area contributed by atoms with Crippen LogP contribution in [0.2, 0.25) is 0 Å². The van der Waals surface area contributed by atoms with E-state index in [0.29, 0.717) is 0 Å². The van der Waals surface area contributed by atoms with Crippen molar-refractivity contribution in [1.29, 1.82) is 0 Å². The molecule has 0 saturated heterocycles. The van der Waals surface area contributed by atoms with Gasteiger partial charge < -0.3 is 9.13 Å². The van der Waals surface area contributed by atoms with Crippen LogP contribution < -0.4 is 0 Å². The first-order chi connectivity index (χ1) is 24.3. The first kappa shape index (κ1) is 33.4. The predicted molar refractivity (Wildman–Crippen MR) is 218 cm³/mol. The van der Waals surface area contributed by atoms with Crippen molar-refractivity contribution >= 4 is 43.6 Å². The maximum atomic E-state index is 2.41. The molecule has 0 fully saturated rings. The summed E-state index contributed by atoms with van der Waals surface area (Å²) in [7, 11) is 0. The van der Waals surface area contributed by atoms with Crippen LogP contribution in [0.3, 0.4) is 0 Å². The largest absolute Gasteiger partial charge is 0.309 e. The Morgan fingerprint density at radius 3 is 1.12 bits per heavy atom. The van der Waals surface area contributed by atoms with Gasteiger partial charge in [-0.25, -0.2) is 0 Å². The Morgan fingerprint density at radius 2 is 0.720 bits per heavy atom. The van der Waals surface area contributed by atoms with E-state index in [0.717, 1.165) is 0 Å². The third-order valence-electron chi connectivity index (χ3n) is 10.2. The van der Waals surface area contributed by atoms with Gasteiger partial charge in [-0.1, -0.05) is 98.5 Å². The van der Waals surface area contributed by atoms with Gasteiger partial charge in [-0.15, -0.1) is 0 Å². The minimum Gasteiger partial charge on any atom is -0.309 e. The molecule has 8 rings (SSSR count). The van der Waals surface area contributed by atoms with E-state index in [9.17, 15) is 0 Å². The van der Waals surface area contributed by atoms with Crippen molar-refractivity contribution in [2.24, 2.45) is 0 Å². The summed E-state index contributed by atoms with van der Waals surface area (Å²) < 4.78 is 4.81. The fourth-order valence-corrected chi connectivity index (χ4v) is 7.43. The fourth-order valence-electron chi connectivity index (χ4n) is 7.43. The molecule has 8 aromatic rings. The molecule has 2 heterocycles. The molecule has 0 aliphatic carbocycles. The predicted octanol–water partition coefficient (Wildman–Crippen LogP) is 13.5. The van der Waals surface area contributed by atoms with E-state index in [-0.39, 0.29) is 0 Å². The molecule has 0 unspecified atom stereocenters. The van der Waals surface area contributed by atoms with Crippen LogP contribution >= 0.6 is 0 Å². The van der Waals surface area contributed by atoms with E-state index in [2.05, 4.69) is 172 Å². The highest BCUT2D eigenvalue weighted by Crippen LogP contribution is 2.35. The van der Waals surface area contributed by atoms with Gasteiger partial charge in [-0.3, -0.25) is 0 Å². The van der Waals surface area contributed by atoms with Gasteiger partial charge in [0.05, 0.1) is 22.1 Å². The quantitative estimate of drug-likeness (QED) is 0.154. The third kappa shape index (κ3) is 6.60. The molecule has 0 atom stereocenters. The molecule has 0 bridgehead atoms. The lowest BCUT2D eigenvalue weighted by Crippen LogP contribution is -1.95. The minimum absolute atomic E-state index is 1.17. The summed E-state index contributed by atoms with van der Waals surface area (Å²) in [5.74, 6) is 0. The second-order valence-electron chi connectivity index (χ2n) is 14.3. The molecule has 2 nitrogen and oxygen atoms in total. The smallest absolute Gasteiger partial charge is 0.0543 e. The molecule has 0 amide bonds. The summed E-state index contributed by atoms with van der Waals surface area (Å²) in [5, 5.41) is 5.34. The molecule has 0 aliphatic rings. The number of unbranched alkanes of at least 4 members (excludes halogenated alkanes) is 2. The number of aryl methyl sites for hydroxylation is 6. The van der Waals surface area contributed by atoms with Crippen molar-refractivity contribution in [3.05, 3.63) is 155 Å². The highest BCUT2D eigenvalue weighted by atomic mass is 15.0. The van der Waals surface area contributed by atoms with Gasteiger partial charge >= 0.3 is 0 Å². The van der Waals surface area contributed by atoms with Crippen LogP contribution in [0.25, 0.3) is 55.0 Å². The SMILES string of the molecule is CCCCc1ccc(-n2c3cc(C)ccc3c3ccc(C)cc32)cc1.CCCCc1ccc(-n2c3ccc(C)cc3c3cc(C)ccc32)cc1. The first-order valence-corrected chi connectivity index (χ1v) is 18.6. The molecular formula is C48H50N2. The summed E-state index contributed by atoms with van der Waals surface area (Å²) >= 11 is 0. The average molecular weight is 655 g/mol. The highest BCUT2D eigenvalue weighted by molar-refractivity contribution is 6.10. The van der Waals surface area contributed by atoms with Crippen LogP contribution in [0.5, 0.6) is 0 Å². The second kappa shape index (κ2) is 14.4. The van der Waals surface area contributed by atoms with E-state index in [1.807, 2.05) is 0 Å². The molecule has 2 aromatic heterocycles. The number of fused-ring (bicyclic) bond motifs is 6. The molecule has 0 spiro atoms. The zero-order valence-electron chi connectivity index (χ0n) is 30.7. The van der Waals surface area contributed by atoms with Gasteiger partial charge in [-0.2, -0.15) is 0 Å². The second-order valence-corrected chi connectivity index (χ2v) is 14.3. The van der Waals surface area contributed by atoms with Crippen LogP contribution in [0.15, 0.2) is 121 Å². The van der Waals surface area contributed by atoms with Crippen LogP contribution in [-0.2, 0) is 12.8 Å². The monoisotopic (exact) mass is 654 g/mol. The molecular weight excluding hydrogens is 605 g/mol. The van der Waals surface area contributed by atoms with Gasteiger partial charge in [-0.05, 0) is 136 Å². The minimum atomic E-state index is 1.17. The van der Waals surface area contributed by atoms with E-state index >= 15 is 0 Å². The highest BCUT2D eigenvalue weighted by Gasteiger charge is 2.14. The fraction of sp³-hybridized carbons (Fsp3) is 0.250. The van der Waals surface area contributed by atoms with Gasteiger partial charge in [0, 0.05) is 32.9 Å². The summed E-state index contributed by atoms with van der Waals surface area (Å²) in [4.78, 5) is 0. The van der Waals surface area contributed by atoms with Crippen molar-refractivity contribution < 1.29 is 0 Å². The van der Waals surface area contributed by atoms with Crippen LogP contribution in [0, 0.1) is 27.7 Å². The zero-order valence-corrected chi connectivity index (χ0v) is 30.7. The number of nitrogens with zero attached hydrogens (tertiary/aromatic N) is 2. The summed E-state index contributed by atoms with van der Waals surface area (Å²) in [5.41, 5.74) is 15.7. The van der Waals surface area contributed by atoms with Crippen LogP contribution in [0.4, 0.5) is 0 Å². The molecule has 0 saturated carbocycles. The van der Waals surface area contributed by atoms with E-state index in [1.165, 1.54) is 127 Å². The Labute approximate surface area is 298 Å². The molecule has 6 aromatic carbocycles. The Hall–Kier alpha value is -5.08. The Kier molecular flexibility index (Phi) is 9.63. The third-order valence-corrected chi connectivity index (χ3v) is 10.2. The van der Waals surface area contributed by atoms with Crippen molar-refractivity contribution in [3.8, 4) is 11.4 Å². The van der Waals surface area contributed by atoms with Crippen molar-refractivity contribution in [3.63, 3.8) is 0 Å². The van der Waals surface area contributed by atoms with E-state index in [1.54, 1.807) is 0 Å². The summed E-state index contributed by atoms with van der Waals surface area (Å²) in [6, 6.07) is 45.3. The topological polar surface area (TPSA) is 9.86 Å². The maximum absolute atomic E-state index is 2.41. The lowest BCUT2D eigenvalue weighted by atomic mass is 10.1. The Balaban J connectivity index is 0.000000157. The zero-order chi connectivity index (χ0) is 34.8. The van der Waals surface area contributed by atoms with Gasteiger partial charge in [0.1, 0.15) is 0 Å². The van der Waals surface area contributed by atoms with Crippen molar-refractivity contribution in [1.82, 2.24) is 9.13 Å². The number of benzene rings is 6. The number of rotatable bonds is 8. The summed E-state index contributed by atoms with van der Waals surface area (Å²) in [6.07, 6.45) is 7.34. The lowest BCUT2D eigenvalue weighted by molar-refractivity contribution is 0.795. The maximum Gasteiger partial charge on any atom is 0.0543 e. The van der Waals surface area contributed by atoms with Crippen LogP contribution in [0.1, 0.15) is 72.9 Å². The Morgan fingerprint density at radius 1 is 0.360 bits per heavy atom. The van der Waals surface area contributed by atoms with Gasteiger partial charge in [0.2, 0.25) is 0 Å². The molecule has 50 heavy (non-hydrogen) atoms.